The first-order valence-electron chi connectivity index (χ1n) is 35.3. The van der Waals surface area contributed by atoms with Crippen LogP contribution in [0, 0.1) is 0 Å². The van der Waals surface area contributed by atoms with E-state index in [9.17, 15) is 19.8 Å². The highest BCUT2D eigenvalue weighted by Crippen LogP contribution is 2.20. The molecule has 0 spiro atoms. The molecule has 0 aromatic carbocycles. The van der Waals surface area contributed by atoms with E-state index in [0.717, 1.165) is 38.5 Å². The van der Waals surface area contributed by atoms with E-state index in [2.05, 4.69) is 19.2 Å². The number of aliphatic hydroxyl groups is 2. The number of rotatable bonds is 67. The van der Waals surface area contributed by atoms with Crippen molar-refractivity contribution in [3.05, 3.63) is 0 Å². The monoisotopic (exact) mass is 1070 g/mol. The summed E-state index contributed by atoms with van der Waals surface area (Å²) in [7, 11) is 0. The van der Waals surface area contributed by atoms with Gasteiger partial charge in [-0.05, 0) is 25.7 Å². The largest absolute Gasteiger partial charge is 0.466 e. The summed E-state index contributed by atoms with van der Waals surface area (Å²) >= 11 is 0. The Kier molecular flexibility index (Phi) is 65.4. The average molecular weight is 1070 g/mol. The van der Waals surface area contributed by atoms with Gasteiger partial charge in [-0.3, -0.25) is 9.59 Å². The van der Waals surface area contributed by atoms with Crippen molar-refractivity contribution in [1.82, 2.24) is 5.32 Å². The van der Waals surface area contributed by atoms with Gasteiger partial charge in [0.15, 0.2) is 0 Å². The SMILES string of the molecule is CCCCCCCCCCCCCCCCCCCCCCCCCCCC(O)C(CO)NC(=O)CCCCCCCCCCCCCCCCCCOC(=O)CCCCCCCCCCCCCCCCCCCC. The van der Waals surface area contributed by atoms with E-state index in [0.29, 0.717) is 25.9 Å². The number of nitrogens with one attached hydrogen (secondary N) is 1. The minimum Gasteiger partial charge on any atom is -0.466 e. The van der Waals surface area contributed by atoms with Crippen molar-refractivity contribution in [3.8, 4) is 0 Å². The van der Waals surface area contributed by atoms with E-state index in [1.165, 1.54) is 340 Å². The molecule has 0 heterocycles. The van der Waals surface area contributed by atoms with E-state index < -0.39 is 12.1 Å². The molecule has 2 atom stereocenters. The van der Waals surface area contributed by atoms with Crippen LogP contribution in [0.3, 0.4) is 0 Å². The van der Waals surface area contributed by atoms with Gasteiger partial charge in [0.25, 0.3) is 0 Å². The molecule has 2 unspecified atom stereocenters. The van der Waals surface area contributed by atoms with E-state index in [4.69, 9.17) is 4.74 Å². The molecular weight excluding hydrogens is 935 g/mol. The Balaban J connectivity index is 3.39. The fourth-order valence-corrected chi connectivity index (χ4v) is 11.5. The van der Waals surface area contributed by atoms with Gasteiger partial charge in [-0.1, -0.05) is 373 Å². The second-order valence-electron chi connectivity index (χ2n) is 24.6. The van der Waals surface area contributed by atoms with Gasteiger partial charge in [0.05, 0.1) is 25.4 Å². The molecule has 454 valence electrons. The van der Waals surface area contributed by atoms with Crippen LogP contribution in [0.5, 0.6) is 0 Å². The summed E-state index contributed by atoms with van der Waals surface area (Å²) in [6.07, 6.45) is 80.0. The number of aliphatic hydroxyl groups excluding tert-OH is 2. The van der Waals surface area contributed by atoms with Gasteiger partial charge in [0.2, 0.25) is 5.91 Å². The molecule has 6 heteroatoms. The van der Waals surface area contributed by atoms with E-state index in [1.807, 2.05) is 0 Å². The summed E-state index contributed by atoms with van der Waals surface area (Å²) < 4.78 is 5.50. The highest BCUT2D eigenvalue weighted by atomic mass is 16.5. The number of amides is 1. The van der Waals surface area contributed by atoms with Crippen LogP contribution in [0.2, 0.25) is 0 Å². The lowest BCUT2D eigenvalue weighted by Crippen LogP contribution is -2.45. The fraction of sp³-hybridized carbons (Fsp3) is 0.971. The highest BCUT2D eigenvalue weighted by molar-refractivity contribution is 5.76. The first kappa shape index (κ1) is 74.9. The number of unbranched alkanes of at least 4 members (excludes halogenated alkanes) is 56. The minimum atomic E-state index is -0.669. The summed E-state index contributed by atoms with van der Waals surface area (Å²) in [5.41, 5.74) is 0. The van der Waals surface area contributed by atoms with Gasteiger partial charge in [0.1, 0.15) is 0 Å². The standard InChI is InChI=1S/C70H139NO5/c1-3-5-7-9-11-13-15-17-19-21-23-24-25-26-27-28-29-30-34-38-42-46-50-54-58-62-68(73)67(66-72)71-69(74)63-59-55-51-47-43-39-35-32-33-37-41-45-49-53-57-61-65-76-70(75)64-60-56-52-48-44-40-36-31-22-20-18-16-14-12-10-8-6-4-2/h67-68,72-73H,3-66H2,1-2H3,(H,71,74). The van der Waals surface area contributed by atoms with Crippen LogP contribution in [-0.4, -0.2) is 47.4 Å². The Bertz CT molecular complexity index is 1100. The third-order valence-electron chi connectivity index (χ3n) is 16.9. The van der Waals surface area contributed by atoms with Crippen molar-refractivity contribution < 1.29 is 24.5 Å². The summed E-state index contributed by atoms with van der Waals surface area (Å²) in [6, 6.07) is -0.547. The second kappa shape index (κ2) is 66.4. The fourth-order valence-electron chi connectivity index (χ4n) is 11.5. The van der Waals surface area contributed by atoms with Crippen molar-refractivity contribution in [2.75, 3.05) is 13.2 Å². The van der Waals surface area contributed by atoms with Crippen LogP contribution in [0.1, 0.15) is 412 Å². The molecule has 1 amide bonds. The molecule has 0 aromatic rings. The first-order valence-corrected chi connectivity index (χ1v) is 35.3. The number of ether oxygens (including phenoxy) is 1. The van der Waals surface area contributed by atoms with Gasteiger partial charge >= 0.3 is 5.97 Å². The van der Waals surface area contributed by atoms with E-state index in [-0.39, 0.29) is 18.5 Å². The molecule has 3 N–H and O–H groups in total. The van der Waals surface area contributed by atoms with Crippen LogP contribution in [0.15, 0.2) is 0 Å². The van der Waals surface area contributed by atoms with Gasteiger partial charge in [-0.25, -0.2) is 0 Å². The lowest BCUT2D eigenvalue weighted by Gasteiger charge is -2.22. The summed E-state index contributed by atoms with van der Waals surface area (Å²) in [6.45, 7) is 4.99. The van der Waals surface area contributed by atoms with Crippen molar-refractivity contribution in [1.29, 1.82) is 0 Å². The molecule has 0 saturated carbocycles. The van der Waals surface area contributed by atoms with Gasteiger partial charge < -0.3 is 20.3 Å². The zero-order chi connectivity index (χ0) is 55.0. The molecule has 0 radical (unpaired) electrons. The maximum Gasteiger partial charge on any atom is 0.305 e. The van der Waals surface area contributed by atoms with Gasteiger partial charge in [-0.15, -0.1) is 0 Å². The molecule has 6 nitrogen and oxygen atoms in total. The number of carbonyl (C=O) groups excluding carboxylic acids is 2. The Morgan fingerprint density at radius 2 is 0.539 bits per heavy atom. The molecule has 0 aliphatic rings. The van der Waals surface area contributed by atoms with Crippen molar-refractivity contribution in [2.45, 2.75) is 424 Å². The Morgan fingerprint density at radius 3 is 0.803 bits per heavy atom. The van der Waals surface area contributed by atoms with Crippen molar-refractivity contribution in [3.63, 3.8) is 0 Å². The maximum atomic E-state index is 12.6. The smallest absolute Gasteiger partial charge is 0.305 e. The number of carbonyl (C=O) groups is 2. The predicted octanol–water partition coefficient (Wildman–Crippen LogP) is 22.6. The molecule has 0 aliphatic carbocycles. The van der Waals surface area contributed by atoms with Crippen molar-refractivity contribution >= 4 is 11.9 Å². The molecule has 0 bridgehead atoms. The number of esters is 1. The van der Waals surface area contributed by atoms with Crippen molar-refractivity contribution in [2.24, 2.45) is 0 Å². The van der Waals surface area contributed by atoms with Crippen LogP contribution < -0.4 is 5.32 Å². The van der Waals surface area contributed by atoms with Crippen LogP contribution >= 0.6 is 0 Å². The maximum absolute atomic E-state index is 12.6. The zero-order valence-electron chi connectivity index (χ0n) is 52.0. The quantitative estimate of drug-likeness (QED) is 0.0417. The first-order chi connectivity index (χ1) is 37.5. The lowest BCUT2D eigenvalue weighted by atomic mass is 10.0. The van der Waals surface area contributed by atoms with Crippen LogP contribution in [0.25, 0.3) is 0 Å². The average Bonchev–Trinajstić information content (AvgIpc) is 3.42. The summed E-state index contributed by atoms with van der Waals surface area (Å²) in [5.74, 6) is -0.0260. The molecule has 0 fully saturated rings. The molecule has 76 heavy (non-hydrogen) atoms. The van der Waals surface area contributed by atoms with Crippen LogP contribution in [-0.2, 0) is 14.3 Å². The summed E-state index contributed by atoms with van der Waals surface area (Å²) in [4.78, 5) is 24.7. The number of hydrogen-bond donors (Lipinski definition) is 3. The molecular formula is C70H139NO5. The molecule has 0 aliphatic heterocycles. The Labute approximate surface area is 476 Å². The molecule has 0 saturated heterocycles. The Hall–Kier alpha value is -1.14. The van der Waals surface area contributed by atoms with Gasteiger partial charge in [-0.2, -0.15) is 0 Å². The van der Waals surface area contributed by atoms with Gasteiger partial charge in [0, 0.05) is 12.8 Å². The second-order valence-corrected chi connectivity index (χ2v) is 24.6. The summed E-state index contributed by atoms with van der Waals surface area (Å²) in [5, 5.41) is 23.4. The third kappa shape index (κ3) is 62.1. The topological polar surface area (TPSA) is 95.9 Å². The van der Waals surface area contributed by atoms with Crippen LogP contribution in [0.4, 0.5) is 0 Å². The molecule has 0 rings (SSSR count). The lowest BCUT2D eigenvalue weighted by molar-refractivity contribution is -0.143. The Morgan fingerprint density at radius 1 is 0.316 bits per heavy atom. The van der Waals surface area contributed by atoms with E-state index in [1.54, 1.807) is 0 Å². The predicted molar refractivity (Wildman–Crippen MR) is 334 cm³/mol. The third-order valence-corrected chi connectivity index (χ3v) is 16.9. The molecule has 0 aromatic heterocycles. The number of hydrogen-bond acceptors (Lipinski definition) is 5. The zero-order valence-corrected chi connectivity index (χ0v) is 52.0. The highest BCUT2D eigenvalue weighted by Gasteiger charge is 2.20. The van der Waals surface area contributed by atoms with E-state index >= 15 is 0 Å². The minimum absolute atomic E-state index is 0.00956. The normalized spacial score (nSPS) is 12.4.